The lowest BCUT2D eigenvalue weighted by Gasteiger charge is -2.13. The van der Waals surface area contributed by atoms with Gasteiger partial charge in [0.25, 0.3) is 0 Å². The molecule has 4 aliphatic rings. The Hall–Kier alpha value is -1.55. The maximum atomic E-state index is 11.7. The number of hydrogen-bond acceptors (Lipinski definition) is 3. The molecule has 4 saturated carbocycles. The summed E-state index contributed by atoms with van der Waals surface area (Å²) in [6.45, 7) is 0.960. The first-order chi connectivity index (χ1) is 9.71. The SMILES string of the molecule is O=C(NCC12CC3CC1C2C3O)OCc1ccccc1. The van der Waals surface area contributed by atoms with Crippen LogP contribution in [0.4, 0.5) is 4.79 Å². The van der Waals surface area contributed by atoms with Crippen LogP contribution in [0.25, 0.3) is 0 Å². The summed E-state index contributed by atoms with van der Waals surface area (Å²) in [5, 5.41) is 12.9. The van der Waals surface area contributed by atoms with Gasteiger partial charge in [0.05, 0.1) is 6.10 Å². The average molecular weight is 273 g/mol. The third kappa shape index (κ3) is 1.67. The molecule has 0 spiro atoms. The molecule has 4 nitrogen and oxygen atoms in total. The zero-order valence-corrected chi connectivity index (χ0v) is 11.3. The number of carbonyl (C=O) groups is 1. The molecule has 4 fully saturated rings. The van der Waals surface area contributed by atoms with Crippen LogP contribution in [-0.4, -0.2) is 23.8 Å². The molecule has 2 N–H and O–H groups in total. The molecule has 1 aromatic rings. The molecule has 5 rings (SSSR count). The first-order valence-electron chi connectivity index (χ1n) is 7.33. The first kappa shape index (κ1) is 12.2. The highest BCUT2D eigenvalue weighted by molar-refractivity contribution is 5.67. The van der Waals surface area contributed by atoms with Crippen molar-refractivity contribution in [2.45, 2.75) is 25.6 Å². The summed E-state index contributed by atoms with van der Waals surface area (Å²) in [7, 11) is 0. The van der Waals surface area contributed by atoms with E-state index in [4.69, 9.17) is 4.74 Å². The quantitative estimate of drug-likeness (QED) is 0.881. The number of benzene rings is 1. The van der Waals surface area contributed by atoms with Crippen LogP contribution in [0.3, 0.4) is 0 Å². The fourth-order valence-electron chi connectivity index (χ4n) is 4.64. The minimum Gasteiger partial charge on any atom is -0.445 e. The largest absolute Gasteiger partial charge is 0.445 e. The fraction of sp³-hybridized carbons (Fsp3) is 0.562. The van der Waals surface area contributed by atoms with E-state index in [1.54, 1.807) is 0 Å². The van der Waals surface area contributed by atoms with Crippen LogP contribution in [0, 0.1) is 23.2 Å². The molecular weight excluding hydrogens is 254 g/mol. The predicted molar refractivity (Wildman–Crippen MR) is 72.8 cm³/mol. The highest BCUT2D eigenvalue weighted by Gasteiger charge is 2.78. The first-order valence-corrected chi connectivity index (χ1v) is 7.33. The van der Waals surface area contributed by atoms with Gasteiger partial charge in [-0.1, -0.05) is 30.3 Å². The van der Waals surface area contributed by atoms with Gasteiger partial charge in [-0.3, -0.25) is 0 Å². The average Bonchev–Trinajstić information content (AvgIpc) is 2.77. The van der Waals surface area contributed by atoms with Gasteiger partial charge in [0, 0.05) is 6.54 Å². The van der Waals surface area contributed by atoms with Crippen LogP contribution in [0.15, 0.2) is 30.3 Å². The molecular formula is C16H19NO3. The lowest BCUT2D eigenvalue weighted by atomic mass is 10.0. The van der Waals surface area contributed by atoms with E-state index in [1.807, 2.05) is 30.3 Å². The summed E-state index contributed by atoms with van der Waals surface area (Å²) in [6.07, 6.45) is 1.74. The zero-order valence-electron chi connectivity index (χ0n) is 11.3. The number of amides is 1. The second-order valence-corrected chi connectivity index (χ2v) is 6.47. The molecule has 4 heteroatoms. The molecule has 0 aromatic heterocycles. The topological polar surface area (TPSA) is 58.6 Å². The van der Waals surface area contributed by atoms with Crippen molar-refractivity contribution in [1.82, 2.24) is 5.32 Å². The Kier molecular flexibility index (Phi) is 2.58. The third-order valence-electron chi connectivity index (χ3n) is 5.55. The lowest BCUT2D eigenvalue weighted by molar-refractivity contribution is 0.131. The Balaban J connectivity index is 1.26. The fourth-order valence-corrected chi connectivity index (χ4v) is 4.64. The van der Waals surface area contributed by atoms with Crippen molar-refractivity contribution in [2.24, 2.45) is 23.2 Å². The van der Waals surface area contributed by atoms with Crippen molar-refractivity contribution >= 4 is 6.09 Å². The predicted octanol–water partition coefficient (Wildman–Crippen LogP) is 1.93. The Morgan fingerprint density at radius 1 is 1.40 bits per heavy atom. The van der Waals surface area contributed by atoms with Crippen molar-refractivity contribution in [2.75, 3.05) is 6.54 Å². The number of alkyl carbamates (subject to hydrolysis) is 1. The monoisotopic (exact) mass is 273 g/mol. The molecule has 20 heavy (non-hydrogen) atoms. The van der Waals surface area contributed by atoms with Crippen molar-refractivity contribution in [1.29, 1.82) is 0 Å². The van der Waals surface area contributed by atoms with Gasteiger partial charge in [-0.05, 0) is 41.6 Å². The van der Waals surface area contributed by atoms with Gasteiger partial charge in [-0.2, -0.15) is 0 Å². The molecule has 1 aromatic carbocycles. The molecule has 0 saturated heterocycles. The van der Waals surface area contributed by atoms with E-state index < -0.39 is 0 Å². The number of nitrogens with one attached hydrogen (secondary N) is 1. The smallest absolute Gasteiger partial charge is 0.407 e. The summed E-state index contributed by atoms with van der Waals surface area (Å²) in [6, 6.07) is 9.67. The van der Waals surface area contributed by atoms with Gasteiger partial charge in [0.15, 0.2) is 0 Å². The summed E-state index contributed by atoms with van der Waals surface area (Å²) in [5.74, 6) is 1.55. The maximum Gasteiger partial charge on any atom is 0.407 e. The second-order valence-electron chi connectivity index (χ2n) is 6.47. The molecule has 4 bridgehead atoms. The number of aliphatic hydroxyl groups is 1. The molecule has 5 atom stereocenters. The summed E-state index contributed by atoms with van der Waals surface area (Å²) < 4.78 is 5.21. The van der Waals surface area contributed by atoms with Crippen LogP contribution >= 0.6 is 0 Å². The van der Waals surface area contributed by atoms with Gasteiger partial charge in [0.2, 0.25) is 0 Å². The van der Waals surface area contributed by atoms with Gasteiger partial charge < -0.3 is 15.2 Å². The summed E-state index contributed by atoms with van der Waals surface area (Å²) >= 11 is 0. The van der Waals surface area contributed by atoms with Gasteiger partial charge in [-0.25, -0.2) is 4.79 Å². The van der Waals surface area contributed by atoms with Gasteiger partial charge >= 0.3 is 6.09 Å². The van der Waals surface area contributed by atoms with E-state index in [1.165, 1.54) is 0 Å². The van der Waals surface area contributed by atoms with E-state index in [0.29, 0.717) is 30.9 Å². The van der Waals surface area contributed by atoms with Crippen LogP contribution in [0.5, 0.6) is 0 Å². The highest BCUT2D eigenvalue weighted by Crippen LogP contribution is 2.78. The lowest BCUT2D eigenvalue weighted by Crippen LogP contribution is -2.31. The van der Waals surface area contributed by atoms with Crippen LogP contribution in [-0.2, 0) is 11.3 Å². The van der Waals surface area contributed by atoms with Gasteiger partial charge in [-0.15, -0.1) is 0 Å². The van der Waals surface area contributed by atoms with Crippen molar-refractivity contribution < 1.29 is 14.6 Å². The Labute approximate surface area is 118 Å². The minimum atomic E-state index is -0.354. The Bertz CT molecular complexity index is 532. The summed E-state index contributed by atoms with van der Waals surface area (Å²) in [4.78, 5) is 11.7. The number of ether oxygens (including phenoxy) is 1. The molecule has 4 aliphatic carbocycles. The Morgan fingerprint density at radius 2 is 2.20 bits per heavy atom. The number of aliphatic hydroxyl groups excluding tert-OH is 1. The number of rotatable bonds is 4. The van der Waals surface area contributed by atoms with Crippen LogP contribution < -0.4 is 5.32 Å². The van der Waals surface area contributed by atoms with Crippen molar-refractivity contribution in [3.05, 3.63) is 35.9 Å². The highest BCUT2D eigenvalue weighted by atomic mass is 16.5. The van der Waals surface area contributed by atoms with Crippen LogP contribution in [0.1, 0.15) is 18.4 Å². The zero-order chi connectivity index (χ0) is 13.7. The van der Waals surface area contributed by atoms with Crippen LogP contribution in [0.2, 0.25) is 0 Å². The van der Waals surface area contributed by atoms with Gasteiger partial charge in [0.1, 0.15) is 6.61 Å². The van der Waals surface area contributed by atoms with Crippen molar-refractivity contribution in [3.63, 3.8) is 0 Å². The van der Waals surface area contributed by atoms with E-state index in [2.05, 4.69) is 5.32 Å². The molecule has 0 heterocycles. The normalized spacial score (nSPS) is 39.6. The maximum absolute atomic E-state index is 11.7. The van der Waals surface area contributed by atoms with E-state index >= 15 is 0 Å². The standard InChI is InChI=1S/C16H19NO3/c18-14-11-6-12-13(14)16(12,7-11)9-17-15(19)20-8-10-4-2-1-3-5-10/h1-5,11-14,18H,6-9H2,(H,17,19). The molecule has 0 radical (unpaired) electrons. The molecule has 106 valence electrons. The van der Waals surface area contributed by atoms with E-state index in [0.717, 1.165) is 18.4 Å². The number of carbonyl (C=O) groups excluding carboxylic acids is 1. The van der Waals surface area contributed by atoms with E-state index in [9.17, 15) is 9.90 Å². The Morgan fingerprint density at radius 3 is 2.80 bits per heavy atom. The molecule has 5 unspecified atom stereocenters. The van der Waals surface area contributed by atoms with Crippen molar-refractivity contribution in [3.8, 4) is 0 Å². The third-order valence-corrected chi connectivity index (χ3v) is 5.55. The minimum absolute atomic E-state index is 0.123. The number of hydrogen-bond donors (Lipinski definition) is 2. The molecule has 0 aliphatic heterocycles. The second kappa shape index (κ2) is 4.22. The molecule has 1 amide bonds. The summed E-state index contributed by atoms with van der Waals surface area (Å²) in [5.41, 5.74) is 1.18. The van der Waals surface area contributed by atoms with E-state index in [-0.39, 0.29) is 17.6 Å².